The molecule has 0 fully saturated rings. The zero-order valence-corrected chi connectivity index (χ0v) is 14.5. The van der Waals surface area contributed by atoms with E-state index in [-0.39, 0.29) is 0 Å². The minimum Gasteiger partial charge on any atom is -0.388 e. The van der Waals surface area contributed by atoms with E-state index in [1.54, 1.807) is 0 Å². The number of nitrogens with zero attached hydrogens (tertiary/aromatic N) is 1. The van der Waals surface area contributed by atoms with Crippen molar-refractivity contribution in [1.29, 1.82) is 0 Å². The summed E-state index contributed by atoms with van der Waals surface area (Å²) in [5, 5.41) is 12.6. The van der Waals surface area contributed by atoms with Crippen LogP contribution in [0.2, 0.25) is 0 Å². The van der Waals surface area contributed by atoms with Crippen molar-refractivity contribution in [3.05, 3.63) is 56.2 Å². The number of hydrogen-bond acceptors (Lipinski definition) is 3. The molecule has 0 spiro atoms. The minimum atomic E-state index is -0.390. The van der Waals surface area contributed by atoms with Gasteiger partial charge in [0.15, 0.2) is 0 Å². The summed E-state index contributed by atoms with van der Waals surface area (Å²) in [6.45, 7) is 4.31. The molecule has 1 aromatic carbocycles. The number of benzene rings is 1. The van der Waals surface area contributed by atoms with Crippen LogP contribution in [0.3, 0.4) is 0 Å². The maximum Gasteiger partial charge on any atom is 0.0802 e. The zero-order chi connectivity index (χ0) is 14.8. The van der Waals surface area contributed by atoms with Gasteiger partial charge in [-0.15, -0.1) is 11.3 Å². The average molecular weight is 366 g/mol. The van der Waals surface area contributed by atoms with E-state index in [1.807, 2.05) is 35.6 Å². The number of halogens is 1. The van der Waals surface area contributed by atoms with E-state index in [4.69, 9.17) is 0 Å². The molecule has 0 saturated carbocycles. The van der Waals surface area contributed by atoms with Crippen molar-refractivity contribution in [3.8, 4) is 0 Å². The van der Waals surface area contributed by atoms with Crippen LogP contribution in [-0.4, -0.2) is 23.1 Å². The molecule has 0 amide bonds. The fourth-order valence-corrected chi connectivity index (χ4v) is 4.42. The molecule has 1 aromatic heterocycles. The maximum absolute atomic E-state index is 10.4. The highest BCUT2D eigenvalue weighted by Crippen LogP contribution is 2.33. The van der Waals surface area contributed by atoms with Crippen molar-refractivity contribution in [2.45, 2.75) is 31.9 Å². The maximum atomic E-state index is 10.4. The molecular formula is C17H20BrNOS. The van der Waals surface area contributed by atoms with Crippen molar-refractivity contribution in [2.24, 2.45) is 0 Å². The van der Waals surface area contributed by atoms with Crippen LogP contribution < -0.4 is 0 Å². The van der Waals surface area contributed by atoms with Gasteiger partial charge in [-0.25, -0.2) is 0 Å². The number of hydrogen-bond donors (Lipinski definition) is 1. The summed E-state index contributed by atoms with van der Waals surface area (Å²) < 4.78 is 1.02. The lowest BCUT2D eigenvalue weighted by Crippen LogP contribution is -2.34. The first-order chi connectivity index (χ1) is 10.1. The molecule has 1 aliphatic heterocycles. The number of rotatable bonds is 4. The number of thiophene rings is 1. The standard InChI is InChI=1S/C17H20BrNOS/c1-12-15-7-10-21-17(15)6-9-19(12)8-5-16(20)13-3-2-4-14(18)11-13/h2-4,7,10-12,16,20H,5-6,8-9H2,1H3. The summed E-state index contributed by atoms with van der Waals surface area (Å²) in [4.78, 5) is 4.02. The Bertz CT molecular complexity index is 612. The second-order valence-electron chi connectivity index (χ2n) is 5.62. The second-order valence-corrected chi connectivity index (χ2v) is 7.54. The molecule has 3 rings (SSSR count). The summed E-state index contributed by atoms with van der Waals surface area (Å²) in [5.41, 5.74) is 2.47. The Kier molecular flexibility index (Phi) is 4.79. The predicted molar refractivity (Wildman–Crippen MR) is 91.7 cm³/mol. The normalized spacial score (nSPS) is 20.2. The van der Waals surface area contributed by atoms with Crippen LogP contribution in [0.5, 0.6) is 0 Å². The van der Waals surface area contributed by atoms with Gasteiger partial charge >= 0.3 is 0 Å². The summed E-state index contributed by atoms with van der Waals surface area (Å²) in [6.07, 6.45) is 1.53. The highest BCUT2D eigenvalue weighted by atomic mass is 79.9. The average Bonchev–Trinajstić information content (AvgIpc) is 2.95. The molecule has 2 nitrogen and oxygen atoms in total. The molecule has 0 saturated heterocycles. The lowest BCUT2D eigenvalue weighted by atomic mass is 10.00. The molecular weight excluding hydrogens is 346 g/mol. The fourth-order valence-electron chi connectivity index (χ4n) is 3.04. The van der Waals surface area contributed by atoms with E-state index in [0.717, 1.165) is 36.0 Å². The Labute approximate surface area is 138 Å². The molecule has 0 aliphatic carbocycles. The summed E-state index contributed by atoms with van der Waals surface area (Å²) in [7, 11) is 0. The van der Waals surface area contributed by atoms with Crippen molar-refractivity contribution in [3.63, 3.8) is 0 Å². The van der Waals surface area contributed by atoms with Gasteiger partial charge in [-0.05, 0) is 54.5 Å². The smallest absolute Gasteiger partial charge is 0.0802 e. The zero-order valence-electron chi connectivity index (χ0n) is 12.1. The summed E-state index contributed by atoms with van der Waals surface area (Å²) in [5.74, 6) is 0. The molecule has 2 unspecified atom stereocenters. The first-order valence-corrected chi connectivity index (χ1v) is 9.06. The van der Waals surface area contributed by atoms with Crippen molar-refractivity contribution < 1.29 is 5.11 Å². The first kappa shape index (κ1) is 15.2. The molecule has 0 bridgehead atoms. The van der Waals surface area contributed by atoms with Crippen LogP contribution in [0.1, 0.15) is 41.5 Å². The SMILES string of the molecule is CC1c2ccsc2CCN1CCC(O)c1cccc(Br)c1. The van der Waals surface area contributed by atoms with Crippen molar-refractivity contribution in [2.75, 3.05) is 13.1 Å². The largest absolute Gasteiger partial charge is 0.388 e. The van der Waals surface area contributed by atoms with Crippen molar-refractivity contribution in [1.82, 2.24) is 4.90 Å². The Morgan fingerprint density at radius 3 is 3.10 bits per heavy atom. The van der Waals surface area contributed by atoms with Gasteiger partial charge in [0.1, 0.15) is 0 Å². The van der Waals surface area contributed by atoms with Gasteiger partial charge in [-0.1, -0.05) is 28.1 Å². The van der Waals surface area contributed by atoms with Crippen LogP contribution in [0, 0.1) is 0 Å². The lowest BCUT2D eigenvalue weighted by molar-refractivity contribution is 0.123. The third-order valence-electron chi connectivity index (χ3n) is 4.33. The Morgan fingerprint density at radius 2 is 2.29 bits per heavy atom. The van der Waals surface area contributed by atoms with Gasteiger partial charge in [-0.2, -0.15) is 0 Å². The van der Waals surface area contributed by atoms with Gasteiger partial charge < -0.3 is 5.11 Å². The lowest BCUT2D eigenvalue weighted by Gasteiger charge is -2.34. The predicted octanol–water partition coefficient (Wildman–Crippen LogP) is 4.55. The van der Waals surface area contributed by atoms with Gasteiger partial charge in [0.2, 0.25) is 0 Å². The first-order valence-electron chi connectivity index (χ1n) is 7.39. The Hall–Kier alpha value is -0.680. The highest BCUT2D eigenvalue weighted by Gasteiger charge is 2.24. The van der Waals surface area contributed by atoms with Gasteiger partial charge in [0.25, 0.3) is 0 Å². The monoisotopic (exact) mass is 365 g/mol. The molecule has 21 heavy (non-hydrogen) atoms. The Balaban J connectivity index is 1.61. The van der Waals surface area contributed by atoms with E-state index in [1.165, 1.54) is 10.4 Å². The molecule has 4 heteroatoms. The third-order valence-corrected chi connectivity index (χ3v) is 5.82. The van der Waals surface area contributed by atoms with Crippen LogP contribution in [-0.2, 0) is 6.42 Å². The fraction of sp³-hybridized carbons (Fsp3) is 0.412. The number of fused-ring (bicyclic) bond motifs is 1. The summed E-state index contributed by atoms with van der Waals surface area (Å²) >= 11 is 5.33. The summed E-state index contributed by atoms with van der Waals surface area (Å²) in [6, 6.07) is 10.7. The molecule has 1 aliphatic rings. The van der Waals surface area contributed by atoms with E-state index in [9.17, 15) is 5.11 Å². The van der Waals surface area contributed by atoms with Gasteiger partial charge in [-0.3, -0.25) is 4.90 Å². The second kappa shape index (κ2) is 6.61. The van der Waals surface area contributed by atoms with E-state index in [0.29, 0.717) is 6.04 Å². The van der Waals surface area contributed by atoms with E-state index >= 15 is 0 Å². The van der Waals surface area contributed by atoms with Crippen LogP contribution in [0.4, 0.5) is 0 Å². The number of aliphatic hydroxyl groups excluding tert-OH is 1. The molecule has 2 atom stereocenters. The quantitative estimate of drug-likeness (QED) is 0.858. The Morgan fingerprint density at radius 1 is 1.43 bits per heavy atom. The minimum absolute atomic E-state index is 0.390. The van der Waals surface area contributed by atoms with Gasteiger partial charge in [0.05, 0.1) is 6.10 Å². The third kappa shape index (κ3) is 3.39. The molecule has 2 heterocycles. The van der Waals surface area contributed by atoms with E-state index in [2.05, 4.69) is 39.2 Å². The van der Waals surface area contributed by atoms with Crippen molar-refractivity contribution >= 4 is 27.3 Å². The molecule has 1 N–H and O–H groups in total. The van der Waals surface area contributed by atoms with Crippen LogP contribution >= 0.6 is 27.3 Å². The van der Waals surface area contributed by atoms with Gasteiger partial charge in [0, 0.05) is 28.5 Å². The molecule has 112 valence electrons. The van der Waals surface area contributed by atoms with E-state index < -0.39 is 6.10 Å². The molecule has 2 aromatic rings. The van der Waals surface area contributed by atoms with Crippen LogP contribution in [0.25, 0.3) is 0 Å². The van der Waals surface area contributed by atoms with Crippen LogP contribution in [0.15, 0.2) is 40.2 Å². The number of aliphatic hydroxyl groups is 1. The molecule has 0 radical (unpaired) electrons. The highest BCUT2D eigenvalue weighted by molar-refractivity contribution is 9.10. The topological polar surface area (TPSA) is 23.5 Å².